The smallest absolute Gasteiger partial charge is 0.408 e. The van der Waals surface area contributed by atoms with E-state index < -0.39 is 6.09 Å². The Balaban J connectivity index is 1.73. The molecule has 2 heterocycles. The summed E-state index contributed by atoms with van der Waals surface area (Å²) in [6.07, 6.45) is 0.826. The number of hydrogen-bond donors (Lipinski definition) is 2. The van der Waals surface area contributed by atoms with Crippen LogP contribution < -0.4 is 10.5 Å². The summed E-state index contributed by atoms with van der Waals surface area (Å²) in [5.41, 5.74) is 8.04. The monoisotopic (exact) mass is 394 g/mol. The fourth-order valence-corrected chi connectivity index (χ4v) is 3.14. The van der Waals surface area contributed by atoms with Crippen molar-refractivity contribution in [2.24, 2.45) is 12.8 Å². The van der Waals surface area contributed by atoms with Gasteiger partial charge in [0, 0.05) is 29.4 Å². The highest BCUT2D eigenvalue weighted by atomic mass is 35.5. The second-order valence-electron chi connectivity index (χ2n) is 6.22. The molecule has 0 saturated heterocycles. The maximum absolute atomic E-state index is 12.7. The zero-order chi connectivity index (χ0) is 19.8. The fourth-order valence-electron chi connectivity index (χ4n) is 3.01. The van der Waals surface area contributed by atoms with E-state index in [-0.39, 0.29) is 11.5 Å². The number of aromatic amines is 1. The maximum Gasteiger partial charge on any atom is 0.410 e. The van der Waals surface area contributed by atoms with Crippen LogP contribution in [0.25, 0.3) is 22.6 Å². The largest absolute Gasteiger partial charge is 0.410 e. The fraction of sp³-hybridized carbons (Fsp3) is 0.0500. The van der Waals surface area contributed by atoms with Gasteiger partial charge in [0.1, 0.15) is 5.52 Å². The molecule has 2 aromatic carbocycles. The molecule has 0 atom stereocenters. The predicted molar refractivity (Wildman–Crippen MR) is 106 cm³/mol. The van der Waals surface area contributed by atoms with Gasteiger partial charge in [0.25, 0.3) is 0 Å². The van der Waals surface area contributed by atoms with Gasteiger partial charge in [-0.2, -0.15) is 0 Å². The van der Waals surface area contributed by atoms with E-state index >= 15 is 0 Å². The number of aromatic nitrogens is 3. The first-order valence-corrected chi connectivity index (χ1v) is 8.73. The van der Waals surface area contributed by atoms with Gasteiger partial charge in [-0.3, -0.25) is 4.79 Å². The topological polar surface area (TPSA) is 103 Å². The van der Waals surface area contributed by atoms with Crippen molar-refractivity contribution in [3.8, 4) is 17.3 Å². The molecule has 4 aromatic rings. The number of imidazole rings is 1. The van der Waals surface area contributed by atoms with Crippen LogP contribution in [0.1, 0.15) is 15.9 Å². The van der Waals surface area contributed by atoms with Crippen LogP contribution >= 0.6 is 11.6 Å². The molecule has 7 nitrogen and oxygen atoms in total. The molecule has 28 heavy (non-hydrogen) atoms. The van der Waals surface area contributed by atoms with Crippen molar-refractivity contribution >= 4 is 34.5 Å². The maximum atomic E-state index is 12.7. The van der Waals surface area contributed by atoms with E-state index in [0.717, 1.165) is 0 Å². The molecule has 0 aliphatic carbocycles. The van der Waals surface area contributed by atoms with Crippen LogP contribution in [-0.2, 0) is 7.05 Å². The van der Waals surface area contributed by atoms with Crippen LogP contribution in [0.4, 0.5) is 4.79 Å². The lowest BCUT2D eigenvalue weighted by molar-refractivity contribution is 0.103. The number of carbonyl (C=O) groups is 2. The molecule has 140 valence electrons. The van der Waals surface area contributed by atoms with E-state index in [1.54, 1.807) is 53.2 Å². The lowest BCUT2D eigenvalue weighted by Gasteiger charge is -2.00. The highest BCUT2D eigenvalue weighted by molar-refractivity contribution is 6.30. The lowest BCUT2D eigenvalue weighted by Crippen LogP contribution is -2.16. The summed E-state index contributed by atoms with van der Waals surface area (Å²) in [5.74, 6) is 0.680. The first-order chi connectivity index (χ1) is 13.4. The van der Waals surface area contributed by atoms with Gasteiger partial charge in [0.2, 0.25) is 0 Å². The number of nitrogens with one attached hydrogen (secondary N) is 1. The molecule has 0 saturated carbocycles. The van der Waals surface area contributed by atoms with Gasteiger partial charge in [-0.1, -0.05) is 17.7 Å². The number of primary amides is 1. The summed E-state index contributed by atoms with van der Waals surface area (Å²) in [6.45, 7) is 0. The second-order valence-corrected chi connectivity index (χ2v) is 6.66. The average Bonchev–Trinajstić information content (AvgIpc) is 3.25. The van der Waals surface area contributed by atoms with Gasteiger partial charge in [-0.25, -0.2) is 9.78 Å². The van der Waals surface area contributed by atoms with E-state index in [0.29, 0.717) is 38.7 Å². The Morgan fingerprint density at radius 2 is 1.89 bits per heavy atom. The molecule has 0 bridgehead atoms. The summed E-state index contributed by atoms with van der Waals surface area (Å²) in [6, 6.07) is 13.6. The van der Waals surface area contributed by atoms with Crippen molar-refractivity contribution in [2.75, 3.05) is 0 Å². The molecule has 0 aliphatic rings. The van der Waals surface area contributed by atoms with Crippen LogP contribution in [0, 0.1) is 0 Å². The van der Waals surface area contributed by atoms with Crippen LogP contribution in [-0.4, -0.2) is 26.4 Å². The minimum absolute atomic E-state index is 0.118. The molecule has 0 aliphatic heterocycles. The molecule has 0 fully saturated rings. The van der Waals surface area contributed by atoms with Crippen LogP contribution in [0.5, 0.6) is 5.75 Å². The first kappa shape index (κ1) is 17.8. The first-order valence-electron chi connectivity index (χ1n) is 8.35. The SMILES string of the molecule is Cn1cc(C(=O)c2ccc(Cl)cc2)cc1-c1nc2c(OC(N)=O)cccc2[nH]1. The predicted octanol–water partition coefficient (Wildman–Crippen LogP) is 3.91. The lowest BCUT2D eigenvalue weighted by atomic mass is 10.1. The minimum Gasteiger partial charge on any atom is -0.408 e. The van der Waals surface area contributed by atoms with E-state index in [2.05, 4.69) is 9.97 Å². The number of fused-ring (bicyclic) bond motifs is 1. The van der Waals surface area contributed by atoms with Gasteiger partial charge < -0.3 is 20.0 Å². The standard InChI is InChI=1S/C20H15ClN4O3/c1-25-10-12(18(26)11-5-7-13(21)8-6-11)9-15(25)19-23-14-3-2-4-16(17(14)24-19)28-20(22)27/h2-10H,1H3,(H2,22,27)(H,23,24). The van der Waals surface area contributed by atoms with E-state index in [9.17, 15) is 9.59 Å². The number of aryl methyl sites for hydroxylation is 1. The van der Waals surface area contributed by atoms with Gasteiger partial charge in [-0.15, -0.1) is 0 Å². The molecule has 3 N–H and O–H groups in total. The third-order valence-electron chi connectivity index (χ3n) is 4.30. The average molecular weight is 395 g/mol. The van der Waals surface area contributed by atoms with Gasteiger partial charge in [0.05, 0.1) is 11.2 Å². The number of nitrogens with two attached hydrogens (primary N) is 1. The Hall–Kier alpha value is -3.58. The number of para-hydroxylation sites is 1. The number of halogens is 1. The van der Waals surface area contributed by atoms with Crippen molar-refractivity contribution in [2.45, 2.75) is 0 Å². The number of rotatable bonds is 4. The summed E-state index contributed by atoms with van der Waals surface area (Å²) in [5, 5.41) is 0.571. The van der Waals surface area contributed by atoms with Gasteiger partial charge in [-0.05, 0) is 42.5 Å². The molecular formula is C20H15ClN4O3. The van der Waals surface area contributed by atoms with Crippen LogP contribution in [0.3, 0.4) is 0 Å². The Morgan fingerprint density at radius 1 is 1.14 bits per heavy atom. The van der Waals surface area contributed by atoms with Crippen LogP contribution in [0.15, 0.2) is 54.7 Å². The molecule has 1 amide bonds. The Morgan fingerprint density at radius 3 is 2.61 bits per heavy atom. The number of amides is 1. The van der Waals surface area contributed by atoms with Crippen molar-refractivity contribution < 1.29 is 14.3 Å². The van der Waals surface area contributed by atoms with E-state index in [4.69, 9.17) is 22.1 Å². The molecule has 0 unspecified atom stereocenters. The molecule has 0 radical (unpaired) electrons. The zero-order valence-electron chi connectivity index (χ0n) is 14.8. The second kappa shape index (κ2) is 6.86. The minimum atomic E-state index is -0.910. The molecule has 8 heteroatoms. The number of ketones is 1. The van der Waals surface area contributed by atoms with Crippen molar-refractivity contribution in [1.29, 1.82) is 0 Å². The number of benzene rings is 2. The Bertz CT molecular complexity index is 1210. The Kier molecular flexibility index (Phi) is 4.37. The number of H-pyrrole nitrogens is 1. The van der Waals surface area contributed by atoms with E-state index in [1.807, 2.05) is 13.1 Å². The number of hydrogen-bond acceptors (Lipinski definition) is 4. The summed E-state index contributed by atoms with van der Waals surface area (Å²) < 4.78 is 6.80. The highest BCUT2D eigenvalue weighted by Gasteiger charge is 2.17. The van der Waals surface area contributed by atoms with Crippen molar-refractivity contribution in [1.82, 2.24) is 14.5 Å². The van der Waals surface area contributed by atoms with Gasteiger partial charge in [0.15, 0.2) is 17.4 Å². The molecular weight excluding hydrogens is 380 g/mol. The molecule has 4 rings (SSSR count). The van der Waals surface area contributed by atoms with E-state index in [1.165, 1.54) is 0 Å². The quantitative estimate of drug-likeness (QED) is 0.512. The summed E-state index contributed by atoms with van der Waals surface area (Å²) in [7, 11) is 1.82. The number of nitrogens with zero attached hydrogens (tertiary/aromatic N) is 2. The number of ether oxygens (including phenoxy) is 1. The molecule has 0 spiro atoms. The third-order valence-corrected chi connectivity index (χ3v) is 4.55. The number of carbonyl (C=O) groups excluding carboxylic acids is 2. The van der Waals surface area contributed by atoms with Crippen molar-refractivity contribution in [3.05, 3.63) is 70.9 Å². The van der Waals surface area contributed by atoms with Gasteiger partial charge >= 0.3 is 6.09 Å². The summed E-state index contributed by atoms with van der Waals surface area (Å²) >= 11 is 5.89. The Labute approximate surface area is 164 Å². The summed E-state index contributed by atoms with van der Waals surface area (Å²) in [4.78, 5) is 31.5. The van der Waals surface area contributed by atoms with Crippen LogP contribution in [0.2, 0.25) is 5.02 Å². The third kappa shape index (κ3) is 3.23. The van der Waals surface area contributed by atoms with Crippen molar-refractivity contribution in [3.63, 3.8) is 0 Å². The zero-order valence-corrected chi connectivity index (χ0v) is 15.5. The molecule has 2 aromatic heterocycles. The highest BCUT2D eigenvalue weighted by Crippen LogP contribution is 2.28. The normalized spacial score (nSPS) is 10.9.